The highest BCUT2D eigenvalue weighted by atomic mass is 16.5. The lowest BCUT2D eigenvalue weighted by atomic mass is 10.2. The van der Waals surface area contributed by atoms with Crippen molar-refractivity contribution >= 4 is 17.7 Å². The van der Waals surface area contributed by atoms with E-state index in [0.717, 1.165) is 36.6 Å². The van der Waals surface area contributed by atoms with Crippen LogP contribution in [0.15, 0.2) is 0 Å². The van der Waals surface area contributed by atoms with Crippen molar-refractivity contribution in [3.63, 3.8) is 0 Å². The summed E-state index contributed by atoms with van der Waals surface area (Å²) in [5.74, 6) is 2.13. The van der Waals surface area contributed by atoms with Gasteiger partial charge in [-0.05, 0) is 13.3 Å². The van der Waals surface area contributed by atoms with Crippen LogP contribution in [-0.2, 0) is 11.2 Å². The Morgan fingerprint density at radius 2 is 2.30 bits per heavy atom. The summed E-state index contributed by atoms with van der Waals surface area (Å²) < 4.78 is 4.62. The molecule has 1 fully saturated rings. The number of hydrogen-bond acceptors (Lipinski definition) is 6. The van der Waals surface area contributed by atoms with Crippen LogP contribution in [0.5, 0.6) is 0 Å². The number of carbonyl (C=O) groups excluding carboxylic acids is 1. The van der Waals surface area contributed by atoms with Gasteiger partial charge in [-0.2, -0.15) is 0 Å². The zero-order valence-corrected chi connectivity index (χ0v) is 12.1. The maximum absolute atomic E-state index is 11.2. The number of alkyl carbamates (subject to hydrolysis) is 1. The lowest BCUT2D eigenvalue weighted by Crippen LogP contribution is -2.37. The van der Waals surface area contributed by atoms with E-state index in [2.05, 4.69) is 24.9 Å². The summed E-state index contributed by atoms with van der Waals surface area (Å²) in [6.07, 6.45) is 1.21. The number of nitrogens with two attached hydrogens (primary N) is 1. The molecule has 0 saturated carbocycles. The molecule has 2 rings (SSSR count). The Balaban J connectivity index is 2.13. The van der Waals surface area contributed by atoms with E-state index in [9.17, 15) is 4.79 Å². The second-order valence-electron chi connectivity index (χ2n) is 4.89. The quantitative estimate of drug-likeness (QED) is 0.852. The molecule has 1 aromatic heterocycles. The Kier molecular flexibility index (Phi) is 4.26. The summed E-state index contributed by atoms with van der Waals surface area (Å²) in [4.78, 5) is 22.2. The summed E-state index contributed by atoms with van der Waals surface area (Å²) in [6.45, 7) is 5.45. The van der Waals surface area contributed by atoms with Crippen LogP contribution in [0.1, 0.15) is 24.7 Å². The summed E-state index contributed by atoms with van der Waals surface area (Å²) in [5.41, 5.74) is 6.82. The Bertz CT molecular complexity index is 506. The van der Waals surface area contributed by atoms with Gasteiger partial charge in [0.2, 0.25) is 0 Å². The number of aromatic nitrogens is 2. The highest BCUT2D eigenvalue weighted by Gasteiger charge is 2.27. The normalized spacial score (nSPS) is 18.1. The molecule has 0 aromatic carbocycles. The molecule has 2 heterocycles. The number of methoxy groups -OCH3 is 1. The molecule has 0 aliphatic carbocycles. The van der Waals surface area contributed by atoms with Crippen LogP contribution in [0, 0.1) is 6.92 Å². The number of amides is 1. The van der Waals surface area contributed by atoms with Gasteiger partial charge in [0.25, 0.3) is 0 Å². The van der Waals surface area contributed by atoms with Crippen LogP contribution in [0.4, 0.5) is 16.4 Å². The van der Waals surface area contributed by atoms with E-state index >= 15 is 0 Å². The minimum atomic E-state index is -0.398. The molecule has 1 aliphatic rings. The highest BCUT2D eigenvalue weighted by molar-refractivity contribution is 5.67. The molecule has 1 saturated heterocycles. The Morgan fingerprint density at radius 3 is 2.95 bits per heavy atom. The molecule has 1 aromatic rings. The zero-order valence-electron chi connectivity index (χ0n) is 12.1. The molecule has 1 amide bonds. The molecule has 0 spiro atoms. The van der Waals surface area contributed by atoms with Gasteiger partial charge in [-0.1, -0.05) is 6.92 Å². The second-order valence-corrected chi connectivity index (χ2v) is 4.89. The molecular weight excluding hydrogens is 258 g/mol. The fourth-order valence-corrected chi connectivity index (χ4v) is 2.33. The first-order chi connectivity index (χ1) is 9.55. The number of carbonyl (C=O) groups is 1. The van der Waals surface area contributed by atoms with E-state index in [4.69, 9.17) is 5.73 Å². The minimum Gasteiger partial charge on any atom is -0.453 e. The first-order valence-electron chi connectivity index (χ1n) is 6.77. The fourth-order valence-electron chi connectivity index (χ4n) is 2.33. The predicted octanol–water partition coefficient (Wildman–Crippen LogP) is 0.864. The van der Waals surface area contributed by atoms with Crippen molar-refractivity contribution < 1.29 is 9.53 Å². The van der Waals surface area contributed by atoms with Gasteiger partial charge in [0.1, 0.15) is 17.5 Å². The number of rotatable bonds is 3. The number of aryl methyl sites for hydroxylation is 1. The first kappa shape index (κ1) is 14.4. The van der Waals surface area contributed by atoms with E-state index < -0.39 is 6.09 Å². The van der Waals surface area contributed by atoms with Gasteiger partial charge < -0.3 is 20.7 Å². The summed E-state index contributed by atoms with van der Waals surface area (Å²) in [6, 6.07) is 0.0723. The predicted molar refractivity (Wildman–Crippen MR) is 76.7 cm³/mol. The largest absolute Gasteiger partial charge is 0.453 e. The summed E-state index contributed by atoms with van der Waals surface area (Å²) in [5, 5.41) is 2.81. The second kappa shape index (κ2) is 5.94. The van der Waals surface area contributed by atoms with E-state index in [1.807, 2.05) is 13.8 Å². The van der Waals surface area contributed by atoms with Crippen LogP contribution in [0.25, 0.3) is 0 Å². The monoisotopic (exact) mass is 279 g/mol. The molecule has 1 atom stereocenters. The molecule has 20 heavy (non-hydrogen) atoms. The van der Waals surface area contributed by atoms with Crippen LogP contribution < -0.4 is 16.0 Å². The number of hydrogen-bond donors (Lipinski definition) is 2. The number of nitrogen functional groups attached to an aromatic ring is 1. The van der Waals surface area contributed by atoms with Crippen molar-refractivity contribution in [3.05, 3.63) is 11.4 Å². The number of ether oxygens (including phenoxy) is 1. The third kappa shape index (κ3) is 2.92. The minimum absolute atomic E-state index is 0.0723. The van der Waals surface area contributed by atoms with Gasteiger partial charge >= 0.3 is 6.09 Å². The standard InChI is InChI=1S/C13H21N5O2/c1-4-10-16-11(14)8(2)12(17-10)18-6-5-9(7-18)15-13(19)20-3/h9H,4-7H2,1-3H3,(H,15,19)(H2,14,16,17). The average Bonchev–Trinajstić information content (AvgIpc) is 2.89. The van der Waals surface area contributed by atoms with Gasteiger partial charge in [0, 0.05) is 25.1 Å². The Labute approximate surface area is 118 Å². The van der Waals surface area contributed by atoms with E-state index in [1.54, 1.807) is 0 Å². The van der Waals surface area contributed by atoms with E-state index in [0.29, 0.717) is 12.4 Å². The Morgan fingerprint density at radius 1 is 1.55 bits per heavy atom. The van der Waals surface area contributed by atoms with Crippen LogP contribution in [-0.4, -0.2) is 42.3 Å². The number of anilines is 2. The average molecular weight is 279 g/mol. The van der Waals surface area contributed by atoms with Crippen LogP contribution >= 0.6 is 0 Å². The SMILES string of the molecule is CCc1nc(N)c(C)c(N2CCC(NC(=O)OC)C2)n1. The van der Waals surface area contributed by atoms with Gasteiger partial charge in [-0.3, -0.25) is 0 Å². The topological polar surface area (TPSA) is 93.4 Å². The maximum Gasteiger partial charge on any atom is 0.407 e. The number of nitrogens with zero attached hydrogens (tertiary/aromatic N) is 3. The lowest BCUT2D eigenvalue weighted by molar-refractivity contribution is 0.167. The first-order valence-corrected chi connectivity index (χ1v) is 6.77. The van der Waals surface area contributed by atoms with Gasteiger partial charge in [-0.15, -0.1) is 0 Å². The zero-order chi connectivity index (χ0) is 14.7. The molecule has 7 heteroatoms. The number of nitrogens with one attached hydrogen (secondary N) is 1. The molecule has 1 aliphatic heterocycles. The van der Waals surface area contributed by atoms with Crippen LogP contribution in [0.2, 0.25) is 0 Å². The lowest BCUT2D eigenvalue weighted by Gasteiger charge is -2.21. The fraction of sp³-hybridized carbons (Fsp3) is 0.615. The molecule has 0 radical (unpaired) electrons. The Hall–Kier alpha value is -2.05. The van der Waals surface area contributed by atoms with E-state index in [-0.39, 0.29) is 6.04 Å². The third-order valence-electron chi connectivity index (χ3n) is 3.52. The molecule has 1 unspecified atom stereocenters. The van der Waals surface area contributed by atoms with Gasteiger partial charge in [0.15, 0.2) is 0 Å². The van der Waals surface area contributed by atoms with Crippen molar-refractivity contribution in [1.29, 1.82) is 0 Å². The van der Waals surface area contributed by atoms with Crippen molar-refractivity contribution in [2.75, 3.05) is 30.8 Å². The van der Waals surface area contributed by atoms with Crippen molar-refractivity contribution in [2.45, 2.75) is 32.7 Å². The van der Waals surface area contributed by atoms with Crippen molar-refractivity contribution in [1.82, 2.24) is 15.3 Å². The molecule has 110 valence electrons. The van der Waals surface area contributed by atoms with Crippen molar-refractivity contribution in [3.8, 4) is 0 Å². The molecule has 3 N–H and O–H groups in total. The van der Waals surface area contributed by atoms with Gasteiger partial charge in [0.05, 0.1) is 13.2 Å². The molecule has 7 nitrogen and oxygen atoms in total. The summed E-state index contributed by atoms with van der Waals surface area (Å²) >= 11 is 0. The highest BCUT2D eigenvalue weighted by Crippen LogP contribution is 2.25. The van der Waals surface area contributed by atoms with Crippen molar-refractivity contribution in [2.24, 2.45) is 0 Å². The van der Waals surface area contributed by atoms with Crippen LogP contribution in [0.3, 0.4) is 0 Å². The maximum atomic E-state index is 11.2. The third-order valence-corrected chi connectivity index (χ3v) is 3.52. The van der Waals surface area contributed by atoms with E-state index in [1.165, 1.54) is 7.11 Å². The smallest absolute Gasteiger partial charge is 0.407 e. The molecule has 0 bridgehead atoms. The van der Waals surface area contributed by atoms with Gasteiger partial charge in [-0.25, -0.2) is 14.8 Å². The summed E-state index contributed by atoms with van der Waals surface area (Å²) in [7, 11) is 1.37. The molecular formula is C13H21N5O2.